The topological polar surface area (TPSA) is 77.5 Å². The number of hydrogen-bond donors (Lipinski definition) is 1. The van der Waals surface area contributed by atoms with E-state index in [2.05, 4.69) is 9.71 Å². The van der Waals surface area contributed by atoms with Crippen LogP contribution in [0, 0.1) is 6.92 Å². The summed E-state index contributed by atoms with van der Waals surface area (Å²) in [4.78, 5) is 4.18. The Bertz CT molecular complexity index is 583. The van der Waals surface area contributed by atoms with E-state index in [0.29, 0.717) is 25.4 Å². The van der Waals surface area contributed by atoms with Crippen molar-refractivity contribution in [2.75, 3.05) is 13.2 Å². The third-order valence-corrected chi connectivity index (χ3v) is 5.73. The first kappa shape index (κ1) is 14.7. The van der Waals surface area contributed by atoms with Crippen LogP contribution in [-0.4, -0.2) is 44.0 Å². The summed E-state index contributed by atoms with van der Waals surface area (Å²) in [6, 6.07) is 3.46. The molecule has 0 radical (unpaired) electrons. The molecule has 2 heterocycles. The molecule has 1 aliphatic heterocycles. The molecule has 0 aromatic carbocycles. The number of pyridine rings is 1. The van der Waals surface area contributed by atoms with Gasteiger partial charge in [0.2, 0.25) is 10.0 Å². The second kappa shape index (κ2) is 5.90. The van der Waals surface area contributed by atoms with Gasteiger partial charge in [0.15, 0.2) is 0 Å². The van der Waals surface area contributed by atoms with Crippen LogP contribution in [0.4, 0.5) is 0 Å². The van der Waals surface area contributed by atoms with Crippen molar-refractivity contribution in [3.05, 3.63) is 24.0 Å². The van der Waals surface area contributed by atoms with E-state index in [4.69, 9.17) is 9.47 Å². The minimum Gasteiger partial charge on any atom is -0.485 e. The number of nitrogens with zero attached hydrogens (tertiary/aromatic N) is 1. The van der Waals surface area contributed by atoms with Crippen LogP contribution < -0.4 is 9.46 Å². The van der Waals surface area contributed by atoms with E-state index in [1.54, 1.807) is 6.20 Å². The Labute approximate surface area is 124 Å². The standard InChI is InChI=1S/C14H20N2O4S/c1-10-2-3-11(8-15-10)20-14-9-19-7-6-13(14)16-21(17,18)12-4-5-12/h2-3,8,12-14,16H,4-7,9H2,1H3/t13-,14+/m1/s1. The lowest BCUT2D eigenvalue weighted by Crippen LogP contribution is -2.52. The summed E-state index contributed by atoms with van der Waals surface area (Å²) in [5, 5.41) is -0.220. The highest BCUT2D eigenvalue weighted by Gasteiger charge is 2.39. The Hall–Kier alpha value is -1.18. The largest absolute Gasteiger partial charge is 0.485 e. The van der Waals surface area contributed by atoms with Gasteiger partial charge in [-0.2, -0.15) is 0 Å². The molecule has 1 aromatic heterocycles. The van der Waals surface area contributed by atoms with Crippen molar-refractivity contribution < 1.29 is 17.9 Å². The van der Waals surface area contributed by atoms with Gasteiger partial charge < -0.3 is 9.47 Å². The van der Waals surface area contributed by atoms with Gasteiger partial charge in [0.25, 0.3) is 0 Å². The Kier molecular flexibility index (Phi) is 4.14. The Morgan fingerprint density at radius 3 is 2.81 bits per heavy atom. The summed E-state index contributed by atoms with van der Waals surface area (Å²) in [5.41, 5.74) is 0.910. The van der Waals surface area contributed by atoms with Gasteiger partial charge in [0.1, 0.15) is 11.9 Å². The minimum absolute atomic E-state index is 0.220. The Balaban J connectivity index is 1.67. The average Bonchev–Trinajstić information content (AvgIpc) is 3.28. The van der Waals surface area contributed by atoms with E-state index in [1.165, 1.54) is 0 Å². The molecule has 0 bridgehead atoms. The Morgan fingerprint density at radius 1 is 1.33 bits per heavy atom. The number of hydrogen-bond acceptors (Lipinski definition) is 5. The molecule has 0 spiro atoms. The van der Waals surface area contributed by atoms with Crippen LogP contribution in [0.25, 0.3) is 0 Å². The molecule has 6 nitrogen and oxygen atoms in total. The van der Waals surface area contributed by atoms with Crippen LogP contribution in [0.15, 0.2) is 18.3 Å². The maximum absolute atomic E-state index is 12.1. The monoisotopic (exact) mass is 312 g/mol. The first-order chi connectivity index (χ1) is 10.0. The molecule has 1 saturated carbocycles. The van der Waals surface area contributed by atoms with Crippen LogP contribution in [0.3, 0.4) is 0 Å². The smallest absolute Gasteiger partial charge is 0.214 e. The van der Waals surface area contributed by atoms with Gasteiger partial charge in [-0.3, -0.25) is 4.98 Å². The maximum atomic E-state index is 12.1. The zero-order valence-corrected chi connectivity index (χ0v) is 12.8. The average molecular weight is 312 g/mol. The van der Waals surface area contributed by atoms with Crippen LogP contribution in [-0.2, 0) is 14.8 Å². The van der Waals surface area contributed by atoms with E-state index < -0.39 is 10.0 Å². The zero-order valence-electron chi connectivity index (χ0n) is 12.0. The molecule has 1 N–H and O–H groups in total. The molecule has 116 valence electrons. The number of rotatable bonds is 5. The van der Waals surface area contributed by atoms with Crippen LogP contribution >= 0.6 is 0 Å². The van der Waals surface area contributed by atoms with Crippen molar-refractivity contribution in [2.45, 2.75) is 43.6 Å². The lowest BCUT2D eigenvalue weighted by molar-refractivity contribution is -0.00942. The van der Waals surface area contributed by atoms with Crippen molar-refractivity contribution in [1.29, 1.82) is 0 Å². The van der Waals surface area contributed by atoms with E-state index in [9.17, 15) is 8.42 Å². The highest BCUT2D eigenvalue weighted by atomic mass is 32.2. The van der Waals surface area contributed by atoms with Crippen molar-refractivity contribution in [2.24, 2.45) is 0 Å². The molecule has 2 atom stereocenters. The number of nitrogens with one attached hydrogen (secondary N) is 1. The molecular weight excluding hydrogens is 292 g/mol. The summed E-state index contributed by atoms with van der Waals surface area (Å²) in [7, 11) is -3.22. The quantitative estimate of drug-likeness (QED) is 0.878. The number of aromatic nitrogens is 1. The summed E-state index contributed by atoms with van der Waals surface area (Å²) in [5.74, 6) is 0.631. The third-order valence-electron chi connectivity index (χ3n) is 3.75. The molecule has 7 heteroatoms. The number of aryl methyl sites for hydroxylation is 1. The zero-order chi connectivity index (χ0) is 14.9. The SMILES string of the molecule is Cc1ccc(O[C@H]2COCC[C@H]2NS(=O)(=O)C2CC2)cn1. The van der Waals surface area contributed by atoms with Crippen LogP contribution in [0.2, 0.25) is 0 Å². The fourth-order valence-corrected chi connectivity index (χ4v) is 3.99. The second-order valence-corrected chi connectivity index (χ2v) is 7.62. The molecule has 1 aliphatic carbocycles. The van der Waals surface area contributed by atoms with E-state index in [0.717, 1.165) is 18.5 Å². The molecule has 1 saturated heterocycles. The lowest BCUT2D eigenvalue weighted by atomic mass is 10.1. The Morgan fingerprint density at radius 2 is 2.14 bits per heavy atom. The predicted octanol–water partition coefficient (Wildman–Crippen LogP) is 1.01. The summed E-state index contributed by atoms with van der Waals surface area (Å²) in [6.07, 6.45) is 3.46. The summed E-state index contributed by atoms with van der Waals surface area (Å²) >= 11 is 0. The van der Waals surface area contributed by atoms with Gasteiger partial charge >= 0.3 is 0 Å². The van der Waals surface area contributed by atoms with E-state index >= 15 is 0 Å². The van der Waals surface area contributed by atoms with Gasteiger partial charge in [-0.15, -0.1) is 0 Å². The molecule has 2 aliphatic rings. The number of sulfonamides is 1. The first-order valence-corrected chi connectivity index (χ1v) is 8.77. The summed E-state index contributed by atoms with van der Waals surface area (Å²) in [6.45, 7) is 2.83. The first-order valence-electron chi connectivity index (χ1n) is 7.23. The molecule has 0 amide bonds. The fourth-order valence-electron chi connectivity index (χ4n) is 2.35. The molecule has 3 rings (SSSR count). The van der Waals surface area contributed by atoms with E-state index in [-0.39, 0.29) is 17.4 Å². The van der Waals surface area contributed by atoms with Gasteiger partial charge in [-0.05, 0) is 38.3 Å². The van der Waals surface area contributed by atoms with Crippen LogP contribution in [0.1, 0.15) is 25.0 Å². The van der Waals surface area contributed by atoms with Gasteiger partial charge in [0.05, 0.1) is 24.1 Å². The van der Waals surface area contributed by atoms with Crippen molar-refractivity contribution in [1.82, 2.24) is 9.71 Å². The molecule has 0 unspecified atom stereocenters. The fraction of sp³-hybridized carbons (Fsp3) is 0.643. The van der Waals surface area contributed by atoms with Crippen LogP contribution in [0.5, 0.6) is 5.75 Å². The molecule has 1 aromatic rings. The summed E-state index contributed by atoms with van der Waals surface area (Å²) < 4.78 is 38.2. The maximum Gasteiger partial charge on any atom is 0.214 e. The highest BCUT2D eigenvalue weighted by molar-refractivity contribution is 7.90. The second-order valence-electron chi connectivity index (χ2n) is 5.62. The van der Waals surface area contributed by atoms with Crippen molar-refractivity contribution >= 4 is 10.0 Å². The van der Waals surface area contributed by atoms with Gasteiger partial charge in [-0.1, -0.05) is 0 Å². The molecular formula is C14H20N2O4S. The normalized spacial score (nSPS) is 26.5. The minimum atomic E-state index is -3.22. The van der Waals surface area contributed by atoms with Gasteiger partial charge in [-0.25, -0.2) is 13.1 Å². The molecule has 2 fully saturated rings. The highest BCUT2D eigenvalue weighted by Crippen LogP contribution is 2.28. The lowest BCUT2D eigenvalue weighted by Gasteiger charge is -2.32. The third kappa shape index (κ3) is 3.72. The van der Waals surface area contributed by atoms with Gasteiger partial charge in [0, 0.05) is 12.3 Å². The van der Waals surface area contributed by atoms with Crippen molar-refractivity contribution in [3.63, 3.8) is 0 Å². The predicted molar refractivity (Wildman–Crippen MR) is 77.7 cm³/mol. The van der Waals surface area contributed by atoms with E-state index in [1.807, 2.05) is 19.1 Å². The molecule has 21 heavy (non-hydrogen) atoms. The van der Waals surface area contributed by atoms with Crippen molar-refractivity contribution in [3.8, 4) is 5.75 Å². The number of ether oxygens (including phenoxy) is 2.